The molecule has 2 aromatic carbocycles. The Morgan fingerprint density at radius 1 is 1.14 bits per heavy atom. The highest BCUT2D eigenvalue weighted by atomic mass is 35.5. The Balaban J connectivity index is 2.19. The molecule has 0 fully saturated rings. The number of aromatic nitrogens is 2. The van der Waals surface area contributed by atoms with Crippen LogP contribution in [-0.4, -0.2) is 15.8 Å². The summed E-state index contributed by atoms with van der Waals surface area (Å²) in [6.07, 6.45) is 2.73. The number of nitrogens with two attached hydrogens (primary N) is 1. The molecule has 1 heterocycles. The summed E-state index contributed by atoms with van der Waals surface area (Å²) in [5.41, 5.74) is 8.47. The minimum Gasteiger partial charge on any atom is -0.326 e. The highest BCUT2D eigenvalue weighted by Crippen LogP contribution is 2.31. The van der Waals surface area contributed by atoms with Crippen LogP contribution in [0.3, 0.4) is 0 Å². The first-order valence-corrected chi connectivity index (χ1v) is 7.52. The van der Waals surface area contributed by atoms with Crippen molar-refractivity contribution in [3.63, 3.8) is 0 Å². The normalized spacial score (nSPS) is 14.2. The van der Waals surface area contributed by atoms with Crippen LogP contribution in [0.1, 0.15) is 24.9 Å². The molecule has 3 rings (SSSR count). The van der Waals surface area contributed by atoms with Gasteiger partial charge in [-0.1, -0.05) is 54.9 Å². The molecule has 0 aliphatic carbocycles. The van der Waals surface area contributed by atoms with Gasteiger partial charge in [0.15, 0.2) is 0 Å². The molecular formula is C17H18ClN3. The lowest BCUT2D eigenvalue weighted by atomic mass is 9.98. The van der Waals surface area contributed by atoms with Crippen LogP contribution in [0, 0.1) is 0 Å². The largest absolute Gasteiger partial charge is 0.326 e. The molecule has 0 aliphatic rings. The van der Waals surface area contributed by atoms with Gasteiger partial charge in [-0.25, -0.2) is 0 Å². The van der Waals surface area contributed by atoms with Crippen molar-refractivity contribution in [2.24, 2.45) is 5.73 Å². The van der Waals surface area contributed by atoms with Crippen LogP contribution in [0.4, 0.5) is 0 Å². The van der Waals surface area contributed by atoms with Crippen LogP contribution >= 0.6 is 11.6 Å². The first-order valence-electron chi connectivity index (χ1n) is 7.14. The van der Waals surface area contributed by atoms with E-state index in [0.29, 0.717) is 0 Å². The first kappa shape index (κ1) is 14.1. The predicted molar refractivity (Wildman–Crippen MR) is 87.6 cm³/mol. The molecule has 0 radical (unpaired) electrons. The third-order valence-corrected chi connectivity index (χ3v) is 4.21. The summed E-state index contributed by atoms with van der Waals surface area (Å²) in [5.74, 6) is 0. The number of para-hydroxylation sites is 1. The van der Waals surface area contributed by atoms with E-state index in [1.807, 2.05) is 47.3 Å². The summed E-state index contributed by atoms with van der Waals surface area (Å²) in [5, 5.41) is 6.40. The topological polar surface area (TPSA) is 43.8 Å². The van der Waals surface area contributed by atoms with Crippen molar-refractivity contribution >= 4 is 22.5 Å². The van der Waals surface area contributed by atoms with Gasteiger partial charge in [0, 0.05) is 16.5 Å². The second-order valence-corrected chi connectivity index (χ2v) is 5.59. The molecule has 0 spiro atoms. The number of hydrogen-bond acceptors (Lipinski definition) is 2. The molecule has 21 heavy (non-hydrogen) atoms. The van der Waals surface area contributed by atoms with Gasteiger partial charge in [-0.15, -0.1) is 0 Å². The smallest absolute Gasteiger partial charge is 0.0940 e. The Morgan fingerprint density at radius 3 is 2.62 bits per heavy atom. The summed E-state index contributed by atoms with van der Waals surface area (Å²) in [6, 6.07) is 15.9. The van der Waals surface area contributed by atoms with Crippen LogP contribution in [-0.2, 0) is 0 Å². The minimum atomic E-state index is -0.0661. The van der Waals surface area contributed by atoms with Crippen molar-refractivity contribution in [3.05, 3.63) is 65.3 Å². The van der Waals surface area contributed by atoms with Gasteiger partial charge in [0.2, 0.25) is 0 Å². The fourth-order valence-corrected chi connectivity index (χ4v) is 2.94. The van der Waals surface area contributed by atoms with E-state index < -0.39 is 0 Å². The summed E-state index contributed by atoms with van der Waals surface area (Å²) in [7, 11) is 0. The fraction of sp³-hybridized carbons (Fsp3) is 0.235. The molecule has 0 saturated carbocycles. The first-order chi connectivity index (χ1) is 10.2. The Kier molecular flexibility index (Phi) is 3.95. The van der Waals surface area contributed by atoms with Gasteiger partial charge >= 0.3 is 0 Å². The number of benzene rings is 2. The van der Waals surface area contributed by atoms with Crippen LogP contribution < -0.4 is 5.73 Å². The fourth-order valence-electron chi connectivity index (χ4n) is 2.70. The van der Waals surface area contributed by atoms with Crippen molar-refractivity contribution in [2.75, 3.05) is 0 Å². The standard InChI is InChI=1S/C17H18ClN3/c1-2-15(19)17(13-8-4-5-9-14(13)18)21-16-10-6-3-7-12(16)11-20-21/h3-11,15,17H,2,19H2,1H3. The van der Waals surface area contributed by atoms with Crippen molar-refractivity contribution < 1.29 is 0 Å². The number of hydrogen-bond donors (Lipinski definition) is 1. The zero-order valence-corrected chi connectivity index (χ0v) is 12.7. The van der Waals surface area contributed by atoms with Gasteiger partial charge in [0.05, 0.1) is 17.8 Å². The molecule has 4 heteroatoms. The molecule has 0 aliphatic heterocycles. The Labute approximate surface area is 129 Å². The Morgan fingerprint density at radius 2 is 1.86 bits per heavy atom. The molecule has 1 aromatic heterocycles. The average Bonchev–Trinajstić information content (AvgIpc) is 2.93. The predicted octanol–water partition coefficient (Wildman–Crippen LogP) is 4.02. The molecule has 3 nitrogen and oxygen atoms in total. The van der Waals surface area contributed by atoms with Crippen LogP contribution in [0.5, 0.6) is 0 Å². The van der Waals surface area contributed by atoms with Gasteiger partial charge in [-0.2, -0.15) is 5.10 Å². The van der Waals surface area contributed by atoms with E-state index in [4.69, 9.17) is 17.3 Å². The van der Waals surface area contributed by atoms with Gasteiger partial charge in [-0.3, -0.25) is 4.68 Å². The Hall–Kier alpha value is -1.84. The minimum absolute atomic E-state index is 0.0480. The van der Waals surface area contributed by atoms with Crippen molar-refractivity contribution in [3.8, 4) is 0 Å². The molecule has 2 unspecified atom stereocenters. The molecular weight excluding hydrogens is 282 g/mol. The third-order valence-electron chi connectivity index (χ3n) is 3.87. The lowest BCUT2D eigenvalue weighted by Crippen LogP contribution is -2.33. The van der Waals surface area contributed by atoms with Crippen LogP contribution in [0.25, 0.3) is 10.9 Å². The monoisotopic (exact) mass is 299 g/mol. The SMILES string of the molecule is CCC(N)C(c1ccccc1Cl)n1ncc2ccccc21. The summed E-state index contributed by atoms with van der Waals surface area (Å²) in [4.78, 5) is 0. The van der Waals surface area contributed by atoms with E-state index in [0.717, 1.165) is 27.9 Å². The number of halogens is 1. The molecule has 0 amide bonds. The molecule has 2 N–H and O–H groups in total. The maximum absolute atomic E-state index is 6.39. The summed E-state index contributed by atoms with van der Waals surface area (Å²) in [6.45, 7) is 2.08. The van der Waals surface area contributed by atoms with Gasteiger partial charge < -0.3 is 5.73 Å². The van der Waals surface area contributed by atoms with Crippen molar-refractivity contribution in [1.29, 1.82) is 0 Å². The average molecular weight is 300 g/mol. The number of rotatable bonds is 4. The highest BCUT2D eigenvalue weighted by molar-refractivity contribution is 6.31. The second-order valence-electron chi connectivity index (χ2n) is 5.19. The second kappa shape index (κ2) is 5.88. The van der Waals surface area contributed by atoms with E-state index in [2.05, 4.69) is 24.2 Å². The van der Waals surface area contributed by atoms with Gasteiger partial charge in [0.1, 0.15) is 0 Å². The quantitative estimate of drug-likeness (QED) is 0.791. The van der Waals surface area contributed by atoms with Crippen molar-refractivity contribution in [2.45, 2.75) is 25.4 Å². The number of fused-ring (bicyclic) bond motifs is 1. The lowest BCUT2D eigenvalue weighted by Gasteiger charge is -2.25. The van der Waals surface area contributed by atoms with Crippen molar-refractivity contribution in [1.82, 2.24) is 9.78 Å². The molecule has 3 aromatic rings. The Bertz CT molecular complexity index is 750. The van der Waals surface area contributed by atoms with Gasteiger partial charge in [0.25, 0.3) is 0 Å². The molecule has 2 atom stereocenters. The maximum atomic E-state index is 6.39. The number of nitrogens with zero attached hydrogens (tertiary/aromatic N) is 2. The summed E-state index contributed by atoms with van der Waals surface area (Å²) < 4.78 is 1.99. The zero-order chi connectivity index (χ0) is 14.8. The molecule has 0 saturated heterocycles. The third kappa shape index (κ3) is 2.55. The van der Waals surface area contributed by atoms with E-state index in [1.165, 1.54) is 0 Å². The molecule has 0 bridgehead atoms. The maximum Gasteiger partial charge on any atom is 0.0940 e. The van der Waals surface area contributed by atoms with E-state index in [1.54, 1.807) is 0 Å². The van der Waals surface area contributed by atoms with E-state index in [9.17, 15) is 0 Å². The highest BCUT2D eigenvalue weighted by Gasteiger charge is 2.24. The van der Waals surface area contributed by atoms with Gasteiger partial charge in [-0.05, 0) is 24.1 Å². The molecule has 108 valence electrons. The van der Waals surface area contributed by atoms with E-state index >= 15 is 0 Å². The summed E-state index contributed by atoms with van der Waals surface area (Å²) >= 11 is 6.39. The van der Waals surface area contributed by atoms with Crippen LogP contribution in [0.15, 0.2) is 54.7 Å². The van der Waals surface area contributed by atoms with E-state index in [-0.39, 0.29) is 12.1 Å². The van der Waals surface area contributed by atoms with Crippen LogP contribution in [0.2, 0.25) is 5.02 Å². The zero-order valence-electron chi connectivity index (χ0n) is 11.9. The lowest BCUT2D eigenvalue weighted by molar-refractivity contribution is 0.435.